The fourth-order valence-electron chi connectivity index (χ4n) is 2.62. The predicted molar refractivity (Wildman–Crippen MR) is 112 cm³/mol. The van der Waals surface area contributed by atoms with Crippen LogP contribution in [0.15, 0.2) is 70.5 Å². The van der Waals surface area contributed by atoms with Gasteiger partial charge in [-0.25, -0.2) is 0 Å². The molecule has 3 rings (SSSR count). The Balaban J connectivity index is 1.89. The van der Waals surface area contributed by atoms with Gasteiger partial charge in [0, 0.05) is 24.3 Å². The zero-order valence-corrected chi connectivity index (χ0v) is 18.1. The summed E-state index contributed by atoms with van der Waals surface area (Å²) in [6, 6.07) is 10.1. The van der Waals surface area contributed by atoms with Crippen molar-refractivity contribution in [2.75, 3.05) is 0 Å². The maximum Gasteiger partial charge on any atom is 0.298 e. The van der Waals surface area contributed by atoms with E-state index in [-0.39, 0.29) is 11.5 Å². The minimum absolute atomic E-state index is 0.00445. The molecular weight excluding hydrogens is 500 g/mol. The van der Waals surface area contributed by atoms with Gasteiger partial charge in [-0.15, -0.1) is 0 Å². The lowest BCUT2D eigenvalue weighted by atomic mass is 10.3. The van der Waals surface area contributed by atoms with Gasteiger partial charge in [-0.3, -0.25) is 29.3 Å². The van der Waals surface area contributed by atoms with E-state index in [0.29, 0.717) is 12.1 Å². The van der Waals surface area contributed by atoms with E-state index >= 15 is 0 Å². The van der Waals surface area contributed by atoms with Crippen LogP contribution in [0, 0.1) is 20.2 Å². The quantitative estimate of drug-likeness (QED) is 0.252. The number of nitro benzene ring substituents is 2. The molecule has 16 heteroatoms. The number of rotatable bonds is 8. The summed E-state index contributed by atoms with van der Waals surface area (Å²) >= 11 is 0. The van der Waals surface area contributed by atoms with Crippen LogP contribution in [0.5, 0.6) is 23.0 Å². The normalized spacial score (nSPS) is 11.6. The van der Waals surface area contributed by atoms with Crippen molar-refractivity contribution in [3.8, 4) is 23.0 Å². The monoisotopic (exact) mass is 512 g/mol. The first-order chi connectivity index (χ1) is 15.8. The van der Waals surface area contributed by atoms with Crippen molar-refractivity contribution < 1.29 is 45.3 Å². The zero-order chi connectivity index (χ0) is 25.3. The lowest BCUT2D eigenvalue weighted by Gasteiger charge is -2.11. The maximum absolute atomic E-state index is 11.6. The number of hydrogen-bond donors (Lipinski definition) is 2. The van der Waals surface area contributed by atoms with Crippen molar-refractivity contribution in [2.45, 2.75) is 9.79 Å². The van der Waals surface area contributed by atoms with E-state index in [0.717, 1.165) is 24.3 Å². The highest BCUT2D eigenvalue weighted by Gasteiger charge is 2.23. The molecule has 0 atom stereocenters. The van der Waals surface area contributed by atoms with Crippen LogP contribution >= 0.6 is 0 Å². The Morgan fingerprint density at radius 3 is 1.21 bits per heavy atom. The molecule has 0 aliphatic rings. The molecule has 34 heavy (non-hydrogen) atoms. The van der Waals surface area contributed by atoms with Crippen LogP contribution in [0.3, 0.4) is 0 Å². The zero-order valence-electron chi connectivity index (χ0n) is 16.5. The lowest BCUT2D eigenvalue weighted by molar-refractivity contribution is -0.385. The van der Waals surface area contributed by atoms with E-state index in [9.17, 15) is 46.2 Å². The average molecular weight is 512 g/mol. The molecule has 0 aliphatic carbocycles. The third-order valence-corrected chi connectivity index (χ3v) is 5.86. The molecule has 0 bridgehead atoms. The van der Waals surface area contributed by atoms with Crippen molar-refractivity contribution in [1.29, 1.82) is 0 Å². The van der Waals surface area contributed by atoms with Gasteiger partial charge in [0.05, 0.1) is 9.85 Å². The number of non-ortho nitro benzene ring substituents is 2. The van der Waals surface area contributed by atoms with Crippen molar-refractivity contribution in [3.05, 3.63) is 80.9 Å². The SMILES string of the molecule is O=[N+]([O-])c1ccc(Oc2ccc(Oc3ccc([N+](=O)[O-])cc3S(=O)(=O)O)cc2)c(S(=O)(=O)O)c1. The summed E-state index contributed by atoms with van der Waals surface area (Å²) < 4.78 is 75.7. The van der Waals surface area contributed by atoms with Gasteiger partial charge < -0.3 is 9.47 Å². The highest BCUT2D eigenvalue weighted by molar-refractivity contribution is 7.86. The van der Waals surface area contributed by atoms with Crippen molar-refractivity contribution in [1.82, 2.24) is 0 Å². The Bertz CT molecular complexity index is 1390. The van der Waals surface area contributed by atoms with Crippen LogP contribution in [-0.4, -0.2) is 35.8 Å². The second-order valence-electron chi connectivity index (χ2n) is 6.40. The largest absolute Gasteiger partial charge is 0.456 e. The molecule has 0 aromatic heterocycles. The van der Waals surface area contributed by atoms with Crippen LogP contribution in [-0.2, 0) is 20.2 Å². The molecule has 0 spiro atoms. The molecule has 0 unspecified atom stereocenters. The number of hydrogen-bond acceptors (Lipinski definition) is 10. The van der Waals surface area contributed by atoms with Crippen LogP contribution in [0.2, 0.25) is 0 Å². The smallest absolute Gasteiger partial charge is 0.298 e. The highest BCUT2D eigenvalue weighted by atomic mass is 32.2. The van der Waals surface area contributed by atoms with Gasteiger partial charge in [-0.05, 0) is 36.4 Å². The first-order valence-corrected chi connectivity index (χ1v) is 11.6. The summed E-state index contributed by atoms with van der Waals surface area (Å²) in [6.07, 6.45) is 0. The minimum atomic E-state index is -4.87. The summed E-state index contributed by atoms with van der Waals surface area (Å²) in [5.41, 5.74) is -1.19. The minimum Gasteiger partial charge on any atom is -0.456 e. The molecule has 0 amide bonds. The Kier molecular flexibility index (Phi) is 6.51. The Morgan fingerprint density at radius 2 is 0.941 bits per heavy atom. The molecule has 0 saturated carbocycles. The third-order valence-electron chi connectivity index (χ3n) is 4.11. The average Bonchev–Trinajstić information content (AvgIpc) is 2.74. The number of nitro groups is 2. The molecular formula is C18H12N2O12S2. The van der Waals surface area contributed by atoms with E-state index in [1.807, 2.05) is 0 Å². The molecule has 0 radical (unpaired) electrons. The van der Waals surface area contributed by atoms with Crippen LogP contribution in [0.4, 0.5) is 11.4 Å². The number of benzene rings is 3. The first-order valence-electron chi connectivity index (χ1n) is 8.73. The molecule has 0 aliphatic heterocycles. The van der Waals surface area contributed by atoms with Crippen LogP contribution in [0.25, 0.3) is 0 Å². The topological polar surface area (TPSA) is 213 Å². The van der Waals surface area contributed by atoms with Gasteiger partial charge in [-0.2, -0.15) is 16.8 Å². The van der Waals surface area contributed by atoms with E-state index < -0.39 is 62.7 Å². The molecule has 3 aromatic rings. The summed E-state index contributed by atoms with van der Waals surface area (Å²) in [4.78, 5) is 18.3. The van der Waals surface area contributed by atoms with Gasteiger partial charge in [0.25, 0.3) is 31.6 Å². The van der Waals surface area contributed by atoms with Crippen molar-refractivity contribution >= 4 is 31.6 Å². The summed E-state index contributed by atoms with van der Waals surface area (Å²) in [7, 11) is -9.74. The molecule has 178 valence electrons. The van der Waals surface area contributed by atoms with E-state index in [1.165, 1.54) is 24.3 Å². The Hall–Kier alpha value is -4.12. The standard InChI is InChI=1S/C18H12N2O12S2/c21-19(22)11-1-7-15(17(9-11)33(25,26)27)31-13-3-5-14(6-4-13)32-16-8-2-12(20(23)24)10-18(16)34(28,29)30/h1-10H,(H,25,26,27)(H,28,29,30). The number of nitrogens with zero attached hydrogens (tertiary/aromatic N) is 2. The first kappa shape index (κ1) is 24.5. The van der Waals surface area contributed by atoms with E-state index in [2.05, 4.69) is 0 Å². The van der Waals surface area contributed by atoms with Crippen molar-refractivity contribution in [2.24, 2.45) is 0 Å². The third kappa shape index (κ3) is 5.62. The van der Waals surface area contributed by atoms with Gasteiger partial charge in [-0.1, -0.05) is 0 Å². The van der Waals surface area contributed by atoms with Gasteiger partial charge in [0.2, 0.25) is 0 Å². The second-order valence-corrected chi connectivity index (χ2v) is 9.18. The summed E-state index contributed by atoms with van der Waals surface area (Å²) in [5.74, 6) is -0.814. The molecule has 0 heterocycles. The predicted octanol–water partition coefficient (Wildman–Crippen LogP) is 3.58. The molecule has 14 nitrogen and oxygen atoms in total. The second kappa shape index (κ2) is 9.02. The fourth-order valence-corrected chi connectivity index (χ4v) is 3.89. The fraction of sp³-hybridized carbons (Fsp3) is 0. The van der Waals surface area contributed by atoms with Gasteiger partial charge >= 0.3 is 0 Å². The number of ether oxygens (including phenoxy) is 2. The molecule has 0 saturated heterocycles. The van der Waals surface area contributed by atoms with Crippen LogP contribution in [0.1, 0.15) is 0 Å². The van der Waals surface area contributed by atoms with Gasteiger partial charge in [0.1, 0.15) is 32.8 Å². The molecule has 3 aromatic carbocycles. The van der Waals surface area contributed by atoms with Gasteiger partial charge in [0.15, 0.2) is 0 Å². The maximum atomic E-state index is 11.6. The molecule has 2 N–H and O–H groups in total. The van der Waals surface area contributed by atoms with Crippen LogP contribution < -0.4 is 9.47 Å². The van der Waals surface area contributed by atoms with Crippen molar-refractivity contribution in [3.63, 3.8) is 0 Å². The van der Waals surface area contributed by atoms with E-state index in [4.69, 9.17) is 9.47 Å². The lowest BCUT2D eigenvalue weighted by Crippen LogP contribution is -2.03. The summed E-state index contributed by atoms with van der Waals surface area (Å²) in [6.45, 7) is 0. The summed E-state index contributed by atoms with van der Waals surface area (Å²) in [5, 5.41) is 21.7. The van der Waals surface area contributed by atoms with E-state index in [1.54, 1.807) is 0 Å². The molecule has 0 fully saturated rings. The Labute approximate surface area is 190 Å². The Morgan fingerprint density at radius 1 is 0.618 bits per heavy atom. The highest BCUT2D eigenvalue weighted by Crippen LogP contribution is 2.35.